The van der Waals surface area contributed by atoms with E-state index in [2.05, 4.69) is 27.8 Å². The Balaban J connectivity index is 1.53. The highest BCUT2D eigenvalue weighted by Crippen LogP contribution is 2.30. The fourth-order valence-corrected chi connectivity index (χ4v) is 3.95. The molecule has 138 valence electrons. The van der Waals surface area contributed by atoms with Crippen LogP contribution in [0.3, 0.4) is 0 Å². The summed E-state index contributed by atoms with van der Waals surface area (Å²) < 4.78 is 0. The first kappa shape index (κ1) is 17.3. The molecule has 2 amide bonds. The van der Waals surface area contributed by atoms with Gasteiger partial charge in [-0.3, -0.25) is 9.59 Å². The van der Waals surface area contributed by atoms with Gasteiger partial charge in [-0.25, -0.2) is 0 Å². The molecule has 0 saturated carbocycles. The van der Waals surface area contributed by atoms with Crippen LogP contribution in [0.15, 0.2) is 54.7 Å². The molecule has 27 heavy (non-hydrogen) atoms. The predicted molar refractivity (Wildman–Crippen MR) is 105 cm³/mol. The summed E-state index contributed by atoms with van der Waals surface area (Å²) in [5, 5.41) is 7.03. The Bertz CT molecular complexity index is 992. The first-order valence-corrected chi connectivity index (χ1v) is 9.32. The number of hydrogen-bond donors (Lipinski definition) is 3. The maximum atomic E-state index is 13.0. The van der Waals surface area contributed by atoms with Gasteiger partial charge in [-0.05, 0) is 35.6 Å². The number of carbonyl (C=O) groups excluding carboxylic acids is 2. The number of hydrogen-bond acceptors (Lipinski definition) is 2. The van der Waals surface area contributed by atoms with E-state index in [1.54, 1.807) is 0 Å². The number of carbonyl (C=O) groups is 2. The Hall–Kier alpha value is -3.08. The van der Waals surface area contributed by atoms with Crippen molar-refractivity contribution < 1.29 is 9.59 Å². The highest BCUT2D eigenvalue weighted by atomic mass is 16.2. The lowest BCUT2D eigenvalue weighted by atomic mass is 10.0. The van der Waals surface area contributed by atoms with Crippen molar-refractivity contribution in [1.29, 1.82) is 0 Å². The molecule has 2 unspecified atom stereocenters. The van der Waals surface area contributed by atoms with E-state index in [0.717, 1.165) is 29.3 Å². The summed E-state index contributed by atoms with van der Waals surface area (Å²) >= 11 is 0. The number of rotatable bonds is 5. The van der Waals surface area contributed by atoms with E-state index in [1.807, 2.05) is 42.6 Å². The maximum absolute atomic E-state index is 13.0. The molecule has 4 rings (SSSR count). The molecule has 5 heteroatoms. The Labute approximate surface area is 158 Å². The number of para-hydroxylation sites is 1. The summed E-state index contributed by atoms with van der Waals surface area (Å²) in [6.45, 7) is 1.44. The van der Waals surface area contributed by atoms with Gasteiger partial charge in [0.1, 0.15) is 6.04 Å². The second kappa shape index (κ2) is 7.27. The zero-order valence-electron chi connectivity index (χ0n) is 15.3. The van der Waals surface area contributed by atoms with E-state index in [9.17, 15) is 9.59 Å². The van der Waals surface area contributed by atoms with Gasteiger partial charge in [0.25, 0.3) is 0 Å². The highest BCUT2D eigenvalue weighted by molar-refractivity contribution is 5.89. The third-order valence-corrected chi connectivity index (χ3v) is 5.24. The standard InChI is InChI=1S/C22H23N3O2/c1-14(26)24-21(12-16-13-23-19-9-5-4-8-18(16)19)22(27)25-20-11-10-15-6-2-3-7-17(15)20/h2-9,13,20-21,23H,10-12H2,1H3,(H,24,26)(H,25,27). The smallest absolute Gasteiger partial charge is 0.243 e. The van der Waals surface area contributed by atoms with Crippen LogP contribution in [0.4, 0.5) is 0 Å². The van der Waals surface area contributed by atoms with E-state index < -0.39 is 6.04 Å². The minimum atomic E-state index is -0.602. The van der Waals surface area contributed by atoms with Crippen LogP contribution in [0.25, 0.3) is 10.9 Å². The Morgan fingerprint density at radius 1 is 1.15 bits per heavy atom. The predicted octanol–water partition coefficient (Wildman–Crippen LogP) is 3.02. The molecule has 3 aromatic rings. The zero-order chi connectivity index (χ0) is 18.8. The molecule has 1 aliphatic rings. The second-order valence-electron chi connectivity index (χ2n) is 7.12. The Kier molecular flexibility index (Phi) is 4.67. The van der Waals surface area contributed by atoms with Gasteiger partial charge >= 0.3 is 0 Å². The van der Waals surface area contributed by atoms with Crippen molar-refractivity contribution in [1.82, 2.24) is 15.6 Å². The van der Waals surface area contributed by atoms with Gasteiger partial charge in [0.05, 0.1) is 6.04 Å². The molecule has 5 nitrogen and oxygen atoms in total. The topological polar surface area (TPSA) is 74.0 Å². The molecular formula is C22H23N3O2. The van der Waals surface area contributed by atoms with Gasteiger partial charge in [-0.15, -0.1) is 0 Å². The summed E-state index contributed by atoms with van der Waals surface area (Å²) in [7, 11) is 0. The lowest BCUT2D eigenvalue weighted by molar-refractivity contribution is -0.128. The largest absolute Gasteiger partial charge is 0.361 e. The fraction of sp³-hybridized carbons (Fsp3) is 0.273. The number of aryl methyl sites for hydroxylation is 1. The average Bonchev–Trinajstić information content (AvgIpc) is 3.26. The van der Waals surface area contributed by atoms with Crippen LogP contribution >= 0.6 is 0 Å². The summed E-state index contributed by atoms with van der Waals surface area (Å²) in [4.78, 5) is 27.9. The molecule has 2 aromatic carbocycles. The van der Waals surface area contributed by atoms with Crippen LogP contribution in [0.1, 0.15) is 36.1 Å². The Morgan fingerprint density at radius 3 is 2.78 bits per heavy atom. The van der Waals surface area contributed by atoms with Gasteiger partial charge < -0.3 is 15.6 Å². The van der Waals surface area contributed by atoms with Crippen LogP contribution < -0.4 is 10.6 Å². The van der Waals surface area contributed by atoms with Crippen LogP contribution in [0.5, 0.6) is 0 Å². The van der Waals surface area contributed by atoms with Gasteiger partial charge in [-0.1, -0.05) is 42.5 Å². The Morgan fingerprint density at radius 2 is 1.93 bits per heavy atom. The lowest BCUT2D eigenvalue weighted by Crippen LogP contribution is -2.48. The molecular weight excluding hydrogens is 338 g/mol. The molecule has 0 bridgehead atoms. The molecule has 2 atom stereocenters. The maximum Gasteiger partial charge on any atom is 0.243 e. The van der Waals surface area contributed by atoms with Gasteiger partial charge in [-0.2, -0.15) is 0 Å². The van der Waals surface area contributed by atoms with E-state index in [4.69, 9.17) is 0 Å². The lowest BCUT2D eigenvalue weighted by Gasteiger charge is -2.21. The van der Waals surface area contributed by atoms with Crippen LogP contribution in [-0.2, 0) is 22.4 Å². The van der Waals surface area contributed by atoms with E-state index >= 15 is 0 Å². The normalized spacial score (nSPS) is 16.7. The van der Waals surface area contributed by atoms with Crippen molar-refractivity contribution in [2.75, 3.05) is 0 Å². The number of amides is 2. The van der Waals surface area contributed by atoms with Crippen molar-refractivity contribution in [2.24, 2.45) is 0 Å². The number of aromatic amines is 1. The van der Waals surface area contributed by atoms with E-state index in [-0.39, 0.29) is 17.9 Å². The molecule has 1 heterocycles. The second-order valence-corrected chi connectivity index (χ2v) is 7.12. The van der Waals surface area contributed by atoms with Crippen LogP contribution in [-0.4, -0.2) is 22.8 Å². The SMILES string of the molecule is CC(=O)NC(Cc1c[nH]c2ccccc12)C(=O)NC1CCc2ccccc21. The van der Waals surface area contributed by atoms with Crippen LogP contribution in [0, 0.1) is 0 Å². The first-order chi connectivity index (χ1) is 13.1. The van der Waals surface area contributed by atoms with Crippen molar-refractivity contribution in [3.63, 3.8) is 0 Å². The van der Waals surface area contributed by atoms with E-state index in [0.29, 0.717) is 6.42 Å². The quantitative estimate of drug-likeness (QED) is 0.653. The fourth-order valence-electron chi connectivity index (χ4n) is 3.95. The van der Waals surface area contributed by atoms with Crippen molar-refractivity contribution in [3.8, 4) is 0 Å². The monoisotopic (exact) mass is 361 g/mol. The number of H-pyrrole nitrogens is 1. The minimum absolute atomic E-state index is 0.00734. The number of fused-ring (bicyclic) bond motifs is 2. The minimum Gasteiger partial charge on any atom is -0.361 e. The molecule has 1 aromatic heterocycles. The summed E-state index contributed by atoms with van der Waals surface area (Å²) in [5.74, 6) is -0.348. The summed E-state index contributed by atoms with van der Waals surface area (Å²) in [6.07, 6.45) is 4.22. The third-order valence-electron chi connectivity index (χ3n) is 5.24. The van der Waals surface area contributed by atoms with Crippen molar-refractivity contribution in [3.05, 3.63) is 71.4 Å². The molecule has 1 aliphatic carbocycles. The van der Waals surface area contributed by atoms with E-state index in [1.165, 1.54) is 18.1 Å². The summed E-state index contributed by atoms with van der Waals surface area (Å²) in [6, 6.07) is 15.6. The van der Waals surface area contributed by atoms with Crippen molar-refractivity contribution >= 4 is 22.7 Å². The first-order valence-electron chi connectivity index (χ1n) is 9.32. The highest BCUT2D eigenvalue weighted by Gasteiger charge is 2.28. The van der Waals surface area contributed by atoms with Crippen molar-refractivity contribution in [2.45, 2.75) is 38.3 Å². The van der Waals surface area contributed by atoms with Gasteiger partial charge in [0.2, 0.25) is 11.8 Å². The third kappa shape index (κ3) is 3.58. The molecule has 0 fully saturated rings. The summed E-state index contributed by atoms with van der Waals surface area (Å²) in [5.41, 5.74) is 4.51. The zero-order valence-corrected chi connectivity index (χ0v) is 15.3. The molecule has 0 saturated heterocycles. The van der Waals surface area contributed by atoms with Gasteiger partial charge in [0.15, 0.2) is 0 Å². The number of aromatic nitrogens is 1. The molecule has 0 aliphatic heterocycles. The molecule has 0 spiro atoms. The van der Waals surface area contributed by atoms with Gasteiger partial charge in [0, 0.05) is 30.4 Å². The number of benzene rings is 2. The van der Waals surface area contributed by atoms with Crippen LogP contribution in [0.2, 0.25) is 0 Å². The number of nitrogens with one attached hydrogen (secondary N) is 3. The molecule has 0 radical (unpaired) electrons. The average molecular weight is 361 g/mol. The molecule has 3 N–H and O–H groups in total.